The maximum atomic E-state index is 12.3. The van der Waals surface area contributed by atoms with Crippen molar-refractivity contribution < 1.29 is 14.4 Å². The van der Waals surface area contributed by atoms with Gasteiger partial charge in [0.15, 0.2) is 0 Å². The third-order valence-electron chi connectivity index (χ3n) is 3.51. The van der Waals surface area contributed by atoms with Crippen LogP contribution in [0.4, 0.5) is 5.82 Å². The molecule has 1 aliphatic heterocycles. The quantitative estimate of drug-likeness (QED) is 0.874. The van der Waals surface area contributed by atoms with Crippen molar-refractivity contribution in [2.24, 2.45) is 0 Å². The Morgan fingerprint density at radius 1 is 1.04 bits per heavy atom. The Morgan fingerprint density at radius 3 is 2.13 bits per heavy atom. The van der Waals surface area contributed by atoms with Gasteiger partial charge >= 0.3 is 0 Å². The summed E-state index contributed by atoms with van der Waals surface area (Å²) in [5.41, 5.74) is 0.648. The highest BCUT2D eigenvalue weighted by Crippen LogP contribution is 2.24. The molecule has 1 aromatic heterocycles. The molecule has 1 aromatic carbocycles. The number of benzene rings is 1. The predicted molar refractivity (Wildman–Crippen MR) is 86.5 cm³/mol. The molecule has 23 heavy (non-hydrogen) atoms. The van der Waals surface area contributed by atoms with E-state index in [1.165, 1.54) is 6.92 Å². The lowest BCUT2D eigenvalue weighted by atomic mass is 10.1. The van der Waals surface area contributed by atoms with Crippen LogP contribution in [0.2, 0.25) is 0 Å². The third kappa shape index (κ3) is 2.93. The number of rotatable bonds is 3. The lowest BCUT2D eigenvalue weighted by molar-refractivity contribution is -0.119. The number of carbonyl (C=O) groups excluding carboxylic acids is 3. The fourth-order valence-electron chi connectivity index (χ4n) is 2.34. The van der Waals surface area contributed by atoms with E-state index in [2.05, 4.69) is 10.3 Å². The summed E-state index contributed by atoms with van der Waals surface area (Å²) in [4.78, 5) is 41.8. The number of nitrogens with zero attached hydrogens (tertiary/aromatic N) is 2. The SMILES string of the molecule is CC(C(=O)Nc1ccccn1)N1C(=O)c2ccccc2C1=O.Cl. The first-order valence-electron chi connectivity index (χ1n) is 6.78. The molecule has 0 saturated carbocycles. The Bertz CT molecular complexity index is 729. The van der Waals surface area contributed by atoms with E-state index in [1.54, 1.807) is 48.7 Å². The smallest absolute Gasteiger partial charge is 0.262 e. The van der Waals surface area contributed by atoms with Crippen molar-refractivity contribution >= 4 is 35.9 Å². The van der Waals surface area contributed by atoms with E-state index < -0.39 is 23.8 Å². The zero-order valence-electron chi connectivity index (χ0n) is 12.2. The second kappa shape index (κ2) is 6.58. The topological polar surface area (TPSA) is 79.4 Å². The van der Waals surface area contributed by atoms with E-state index in [1.807, 2.05) is 0 Å². The predicted octanol–water partition coefficient (Wildman–Crippen LogP) is 2.13. The normalized spacial score (nSPS) is 14.0. The van der Waals surface area contributed by atoms with Crippen LogP contribution in [0.15, 0.2) is 48.7 Å². The average molecular weight is 332 g/mol. The van der Waals surface area contributed by atoms with Crippen molar-refractivity contribution in [2.45, 2.75) is 13.0 Å². The Hall–Kier alpha value is -2.73. The molecule has 2 aromatic rings. The molecule has 0 radical (unpaired) electrons. The van der Waals surface area contributed by atoms with E-state index in [4.69, 9.17) is 0 Å². The number of anilines is 1. The van der Waals surface area contributed by atoms with E-state index in [-0.39, 0.29) is 12.4 Å². The van der Waals surface area contributed by atoms with Crippen LogP contribution >= 0.6 is 12.4 Å². The summed E-state index contributed by atoms with van der Waals surface area (Å²) in [6.07, 6.45) is 1.54. The Kier molecular flexibility index (Phi) is 4.76. The number of amides is 3. The highest BCUT2D eigenvalue weighted by molar-refractivity contribution is 6.23. The van der Waals surface area contributed by atoms with Crippen LogP contribution in [-0.4, -0.2) is 33.6 Å². The first-order chi connectivity index (χ1) is 10.6. The Labute approximate surface area is 138 Å². The van der Waals surface area contributed by atoms with Gasteiger partial charge in [0.25, 0.3) is 11.8 Å². The van der Waals surface area contributed by atoms with Crippen molar-refractivity contribution in [1.29, 1.82) is 0 Å². The fourth-order valence-corrected chi connectivity index (χ4v) is 2.34. The first kappa shape index (κ1) is 16.6. The van der Waals surface area contributed by atoms with Crippen LogP contribution in [-0.2, 0) is 4.79 Å². The van der Waals surface area contributed by atoms with Gasteiger partial charge in [-0.05, 0) is 31.2 Å². The summed E-state index contributed by atoms with van der Waals surface area (Å²) in [7, 11) is 0. The lowest BCUT2D eigenvalue weighted by Crippen LogP contribution is -2.45. The van der Waals surface area contributed by atoms with Crippen LogP contribution < -0.4 is 5.32 Å². The molecule has 118 valence electrons. The summed E-state index contributed by atoms with van der Waals surface area (Å²) in [6, 6.07) is 10.7. The van der Waals surface area contributed by atoms with Crippen LogP contribution in [0.25, 0.3) is 0 Å². The number of hydrogen-bond acceptors (Lipinski definition) is 4. The molecule has 2 heterocycles. The molecule has 6 nitrogen and oxygen atoms in total. The molecule has 1 atom stereocenters. The molecule has 1 aliphatic rings. The number of fused-ring (bicyclic) bond motifs is 1. The molecule has 1 N–H and O–H groups in total. The van der Waals surface area contributed by atoms with E-state index in [0.717, 1.165) is 4.90 Å². The number of pyridine rings is 1. The largest absolute Gasteiger partial charge is 0.309 e. The number of carbonyl (C=O) groups is 3. The molecule has 0 fully saturated rings. The molecular formula is C16H14ClN3O3. The Balaban J connectivity index is 0.00000192. The van der Waals surface area contributed by atoms with Crippen LogP contribution in [0.1, 0.15) is 27.6 Å². The lowest BCUT2D eigenvalue weighted by Gasteiger charge is -2.21. The third-order valence-corrected chi connectivity index (χ3v) is 3.51. The second-order valence-corrected chi connectivity index (χ2v) is 4.91. The molecule has 0 bridgehead atoms. The van der Waals surface area contributed by atoms with Crippen molar-refractivity contribution in [3.8, 4) is 0 Å². The molecule has 7 heteroatoms. The van der Waals surface area contributed by atoms with Gasteiger partial charge in [-0.1, -0.05) is 18.2 Å². The summed E-state index contributed by atoms with van der Waals surface area (Å²) < 4.78 is 0. The number of halogens is 1. The first-order valence-corrected chi connectivity index (χ1v) is 6.78. The highest BCUT2D eigenvalue weighted by atomic mass is 35.5. The van der Waals surface area contributed by atoms with Crippen LogP contribution in [0.3, 0.4) is 0 Å². The number of aromatic nitrogens is 1. The van der Waals surface area contributed by atoms with Gasteiger partial charge in [0.2, 0.25) is 5.91 Å². The highest BCUT2D eigenvalue weighted by Gasteiger charge is 2.40. The zero-order valence-corrected chi connectivity index (χ0v) is 13.0. The molecular weight excluding hydrogens is 318 g/mol. The molecule has 3 amide bonds. The summed E-state index contributed by atoms with van der Waals surface area (Å²) in [5, 5.41) is 2.59. The minimum Gasteiger partial charge on any atom is -0.309 e. The average Bonchev–Trinajstić information content (AvgIpc) is 2.79. The van der Waals surface area contributed by atoms with Gasteiger partial charge in [0.05, 0.1) is 11.1 Å². The number of imide groups is 1. The maximum absolute atomic E-state index is 12.3. The minimum absolute atomic E-state index is 0. The maximum Gasteiger partial charge on any atom is 0.262 e. The van der Waals surface area contributed by atoms with Gasteiger partial charge in [0.1, 0.15) is 11.9 Å². The summed E-state index contributed by atoms with van der Waals surface area (Å²) >= 11 is 0. The van der Waals surface area contributed by atoms with Crippen molar-refractivity contribution in [2.75, 3.05) is 5.32 Å². The van der Waals surface area contributed by atoms with Crippen LogP contribution in [0, 0.1) is 0 Å². The zero-order chi connectivity index (χ0) is 15.7. The van der Waals surface area contributed by atoms with E-state index in [0.29, 0.717) is 16.9 Å². The van der Waals surface area contributed by atoms with Gasteiger partial charge in [-0.2, -0.15) is 0 Å². The monoisotopic (exact) mass is 331 g/mol. The van der Waals surface area contributed by atoms with E-state index in [9.17, 15) is 14.4 Å². The van der Waals surface area contributed by atoms with Crippen molar-refractivity contribution in [3.05, 3.63) is 59.8 Å². The molecule has 0 spiro atoms. The fraction of sp³-hybridized carbons (Fsp3) is 0.125. The molecule has 1 unspecified atom stereocenters. The van der Waals surface area contributed by atoms with Gasteiger partial charge in [-0.25, -0.2) is 4.98 Å². The molecule has 0 aliphatic carbocycles. The minimum atomic E-state index is -0.922. The van der Waals surface area contributed by atoms with Gasteiger partial charge in [-0.3, -0.25) is 19.3 Å². The summed E-state index contributed by atoms with van der Waals surface area (Å²) in [6.45, 7) is 1.51. The molecule has 3 rings (SSSR count). The van der Waals surface area contributed by atoms with Crippen molar-refractivity contribution in [1.82, 2.24) is 9.88 Å². The van der Waals surface area contributed by atoms with Crippen molar-refractivity contribution in [3.63, 3.8) is 0 Å². The standard InChI is InChI=1S/C16H13N3O3.ClH/c1-10(14(20)18-13-8-4-5-9-17-13)19-15(21)11-6-2-3-7-12(11)16(19)22;/h2-10H,1H3,(H,17,18,20);1H. The van der Waals surface area contributed by atoms with E-state index >= 15 is 0 Å². The van der Waals surface area contributed by atoms with Crippen LogP contribution in [0.5, 0.6) is 0 Å². The molecule has 0 saturated heterocycles. The number of hydrogen-bond donors (Lipinski definition) is 1. The summed E-state index contributed by atoms with van der Waals surface area (Å²) in [5.74, 6) is -1.00. The second-order valence-electron chi connectivity index (χ2n) is 4.91. The Morgan fingerprint density at radius 2 is 1.61 bits per heavy atom. The van der Waals surface area contributed by atoms with Gasteiger partial charge < -0.3 is 5.32 Å². The van der Waals surface area contributed by atoms with Gasteiger partial charge in [0, 0.05) is 6.20 Å². The number of nitrogens with one attached hydrogen (secondary N) is 1. The van der Waals surface area contributed by atoms with Gasteiger partial charge in [-0.15, -0.1) is 12.4 Å².